The van der Waals surface area contributed by atoms with Crippen LogP contribution in [0.25, 0.3) is 0 Å². The molecule has 2 aromatic rings. The number of aliphatic carboxylic acids is 1. The number of hydrogen-bond donors (Lipinski definition) is 2. The van der Waals surface area contributed by atoms with E-state index in [2.05, 4.69) is 5.32 Å². The molecule has 0 aliphatic carbocycles. The first-order valence-electron chi connectivity index (χ1n) is 10.0. The van der Waals surface area contributed by atoms with Gasteiger partial charge in [-0.25, -0.2) is 13.2 Å². The Morgan fingerprint density at radius 1 is 1.12 bits per heavy atom. The summed E-state index contributed by atoms with van der Waals surface area (Å²) in [4.78, 5) is 24.5. The van der Waals surface area contributed by atoms with Gasteiger partial charge in [-0.1, -0.05) is 35.4 Å². The number of carboxylic acid groups (broad SMARTS) is 1. The zero-order valence-electron chi connectivity index (χ0n) is 18.0. The summed E-state index contributed by atoms with van der Waals surface area (Å²) in [5, 5.41) is 13.1. The highest BCUT2D eigenvalue weighted by Crippen LogP contribution is 2.25. The van der Waals surface area contributed by atoms with Gasteiger partial charge in [-0.15, -0.1) is 0 Å². The summed E-state index contributed by atoms with van der Waals surface area (Å²) in [6.07, 6.45) is 2.33. The van der Waals surface area contributed by atoms with Gasteiger partial charge in [0, 0.05) is 16.6 Å². The molecular formula is C22H22Cl2N2O7S. The molecule has 0 aromatic heterocycles. The third kappa shape index (κ3) is 6.20. The number of carboxylic acids is 1. The van der Waals surface area contributed by atoms with E-state index in [0.717, 1.165) is 4.31 Å². The lowest BCUT2D eigenvalue weighted by Crippen LogP contribution is -2.56. The lowest BCUT2D eigenvalue weighted by molar-refractivity contribution is -0.142. The van der Waals surface area contributed by atoms with Crippen LogP contribution in [0.3, 0.4) is 0 Å². The minimum Gasteiger partial charge on any atom is -0.497 e. The van der Waals surface area contributed by atoms with E-state index in [0.29, 0.717) is 21.4 Å². The Balaban J connectivity index is 1.79. The predicted molar refractivity (Wildman–Crippen MR) is 126 cm³/mol. The van der Waals surface area contributed by atoms with Crippen molar-refractivity contribution in [2.45, 2.75) is 30.0 Å². The molecule has 0 saturated carbocycles. The molecule has 1 aliphatic heterocycles. The number of sulfonamides is 1. The molecule has 34 heavy (non-hydrogen) atoms. The number of ether oxygens (including phenoxy) is 2. The summed E-state index contributed by atoms with van der Waals surface area (Å²) in [5.41, 5.74) is 0.534. The van der Waals surface area contributed by atoms with Crippen LogP contribution in [0.4, 0.5) is 4.79 Å². The van der Waals surface area contributed by atoms with Crippen LogP contribution in [-0.2, 0) is 26.2 Å². The molecule has 9 nitrogen and oxygen atoms in total. The lowest BCUT2D eigenvalue weighted by Gasteiger charge is -2.31. The van der Waals surface area contributed by atoms with Gasteiger partial charge in [-0.3, -0.25) is 4.79 Å². The van der Waals surface area contributed by atoms with E-state index in [-0.39, 0.29) is 24.5 Å². The standard InChI is InChI=1S/C22H22Cl2N2O7S/c1-32-17-5-7-18(8-6-17)34(30,31)26-9-3-2-4-19(20(26)21(27)28)25-22(29)33-13-14-10-15(23)12-16(24)11-14/h2-3,5-8,10-12,19-20H,4,9,13H2,1H3,(H,25,29)(H,27,28). The minimum absolute atomic E-state index is 0.0870. The Morgan fingerprint density at radius 2 is 1.76 bits per heavy atom. The molecule has 2 unspecified atom stereocenters. The summed E-state index contributed by atoms with van der Waals surface area (Å²) in [5.74, 6) is -0.958. The molecule has 1 aliphatic rings. The SMILES string of the molecule is COc1ccc(S(=O)(=O)N2CC=CCC(NC(=O)OCc3cc(Cl)cc(Cl)c3)C2C(=O)O)cc1. The molecule has 182 valence electrons. The van der Waals surface area contributed by atoms with Crippen molar-refractivity contribution in [3.05, 3.63) is 70.2 Å². The Labute approximate surface area is 206 Å². The van der Waals surface area contributed by atoms with Crippen LogP contribution in [0.15, 0.2) is 59.5 Å². The van der Waals surface area contributed by atoms with Crippen molar-refractivity contribution >= 4 is 45.3 Å². The van der Waals surface area contributed by atoms with Gasteiger partial charge in [0.25, 0.3) is 0 Å². The van der Waals surface area contributed by atoms with Gasteiger partial charge in [0.1, 0.15) is 18.4 Å². The van der Waals surface area contributed by atoms with Crippen LogP contribution < -0.4 is 10.1 Å². The fraction of sp³-hybridized carbons (Fsp3) is 0.273. The summed E-state index contributed by atoms with van der Waals surface area (Å²) in [6, 6.07) is 7.59. The topological polar surface area (TPSA) is 122 Å². The Morgan fingerprint density at radius 3 is 2.35 bits per heavy atom. The molecule has 0 radical (unpaired) electrons. The fourth-order valence-corrected chi connectivity index (χ4v) is 5.60. The minimum atomic E-state index is -4.21. The molecule has 12 heteroatoms. The average molecular weight is 529 g/mol. The van der Waals surface area contributed by atoms with Crippen molar-refractivity contribution in [3.8, 4) is 5.75 Å². The average Bonchev–Trinajstić information content (AvgIpc) is 3.00. The molecule has 1 amide bonds. The van der Waals surface area contributed by atoms with Crippen LogP contribution >= 0.6 is 23.2 Å². The van der Waals surface area contributed by atoms with Gasteiger partial charge in [0.15, 0.2) is 0 Å². The van der Waals surface area contributed by atoms with Crippen LogP contribution in [0.2, 0.25) is 10.0 Å². The molecule has 0 bridgehead atoms. The second-order valence-corrected chi connectivity index (χ2v) is 10.1. The molecule has 1 heterocycles. The van der Waals surface area contributed by atoms with Crippen LogP contribution in [0, 0.1) is 0 Å². The van der Waals surface area contributed by atoms with E-state index in [1.54, 1.807) is 18.2 Å². The van der Waals surface area contributed by atoms with E-state index < -0.39 is 34.2 Å². The molecular weight excluding hydrogens is 507 g/mol. The summed E-state index contributed by atoms with van der Waals surface area (Å²) >= 11 is 11.9. The van der Waals surface area contributed by atoms with Gasteiger partial charge >= 0.3 is 12.1 Å². The van der Waals surface area contributed by atoms with Crippen molar-refractivity contribution in [2.24, 2.45) is 0 Å². The second-order valence-electron chi connectivity index (χ2n) is 7.35. The van der Waals surface area contributed by atoms with Gasteiger partial charge in [0.2, 0.25) is 10.0 Å². The van der Waals surface area contributed by atoms with E-state index in [9.17, 15) is 23.1 Å². The largest absolute Gasteiger partial charge is 0.497 e. The second kappa shape index (κ2) is 11.1. The fourth-order valence-electron chi connectivity index (χ4n) is 3.46. The molecule has 2 atom stereocenters. The van der Waals surface area contributed by atoms with Crippen molar-refractivity contribution < 1.29 is 32.6 Å². The quantitative estimate of drug-likeness (QED) is 0.525. The van der Waals surface area contributed by atoms with E-state index in [1.165, 1.54) is 43.5 Å². The van der Waals surface area contributed by atoms with Crippen molar-refractivity contribution in [3.63, 3.8) is 0 Å². The highest BCUT2D eigenvalue weighted by molar-refractivity contribution is 7.89. The van der Waals surface area contributed by atoms with Gasteiger partial charge in [0.05, 0.1) is 18.0 Å². The van der Waals surface area contributed by atoms with Crippen molar-refractivity contribution in [1.82, 2.24) is 9.62 Å². The lowest BCUT2D eigenvalue weighted by atomic mass is 10.1. The number of amides is 1. The molecule has 0 spiro atoms. The third-order valence-electron chi connectivity index (χ3n) is 5.05. The third-order valence-corrected chi connectivity index (χ3v) is 7.35. The zero-order chi connectivity index (χ0) is 24.9. The van der Waals surface area contributed by atoms with E-state index in [4.69, 9.17) is 32.7 Å². The van der Waals surface area contributed by atoms with Gasteiger partial charge in [-0.05, 0) is 54.4 Å². The molecule has 2 aromatic carbocycles. The maximum absolute atomic E-state index is 13.3. The Hall–Kier alpha value is -2.79. The molecule has 0 saturated heterocycles. The highest BCUT2D eigenvalue weighted by atomic mass is 35.5. The number of methoxy groups -OCH3 is 1. The number of alkyl carbamates (subject to hydrolysis) is 1. The summed E-state index contributed by atoms with van der Waals surface area (Å²) < 4.78 is 37.6. The molecule has 0 fully saturated rings. The normalized spacial score (nSPS) is 18.7. The number of carbonyl (C=O) groups excluding carboxylic acids is 1. The number of nitrogens with zero attached hydrogens (tertiary/aromatic N) is 1. The first-order valence-corrected chi connectivity index (χ1v) is 12.2. The monoisotopic (exact) mass is 528 g/mol. The maximum Gasteiger partial charge on any atom is 0.407 e. The van der Waals surface area contributed by atoms with Crippen molar-refractivity contribution in [2.75, 3.05) is 13.7 Å². The highest BCUT2D eigenvalue weighted by Gasteiger charge is 2.42. The zero-order valence-corrected chi connectivity index (χ0v) is 20.3. The number of benzene rings is 2. The first kappa shape index (κ1) is 25.8. The number of hydrogen-bond acceptors (Lipinski definition) is 6. The summed E-state index contributed by atoms with van der Waals surface area (Å²) in [6.45, 7) is -0.347. The van der Waals surface area contributed by atoms with E-state index >= 15 is 0 Å². The van der Waals surface area contributed by atoms with Gasteiger partial charge in [-0.2, -0.15) is 4.31 Å². The number of rotatable bonds is 7. The van der Waals surface area contributed by atoms with Crippen LogP contribution in [-0.4, -0.2) is 55.6 Å². The molecule has 2 N–H and O–H groups in total. The predicted octanol–water partition coefficient (Wildman–Crippen LogP) is 3.70. The van der Waals surface area contributed by atoms with Crippen LogP contribution in [0.1, 0.15) is 12.0 Å². The Kier molecular flexibility index (Phi) is 8.42. The number of halogens is 2. The van der Waals surface area contributed by atoms with Crippen LogP contribution in [0.5, 0.6) is 5.75 Å². The van der Waals surface area contributed by atoms with E-state index in [1.807, 2.05) is 0 Å². The molecule has 3 rings (SSSR count). The van der Waals surface area contributed by atoms with Gasteiger partial charge < -0.3 is 19.9 Å². The first-order chi connectivity index (χ1) is 16.1. The Bertz CT molecular complexity index is 1170. The summed E-state index contributed by atoms with van der Waals surface area (Å²) in [7, 11) is -2.77. The number of nitrogens with one attached hydrogen (secondary N) is 1. The maximum atomic E-state index is 13.3. The van der Waals surface area contributed by atoms with Crippen molar-refractivity contribution in [1.29, 1.82) is 0 Å². The number of carbonyl (C=O) groups is 2. The smallest absolute Gasteiger partial charge is 0.407 e.